The molecule has 2 aromatic rings. The molecule has 2 N–H and O–H groups in total. The molecule has 0 aromatic carbocycles. The maximum absolute atomic E-state index is 14.8. The van der Waals surface area contributed by atoms with Crippen LogP contribution >= 0.6 is 0 Å². The molecule has 9 nitrogen and oxygen atoms in total. The van der Waals surface area contributed by atoms with E-state index in [1.165, 1.54) is 39.2 Å². The number of halogens is 4. The van der Waals surface area contributed by atoms with Crippen molar-refractivity contribution < 1.29 is 31.9 Å². The fourth-order valence-corrected chi connectivity index (χ4v) is 6.50. The van der Waals surface area contributed by atoms with Gasteiger partial charge in [0.05, 0.1) is 17.4 Å². The smallest absolute Gasteiger partial charge is 0.336 e. The van der Waals surface area contributed by atoms with Crippen molar-refractivity contribution in [1.29, 1.82) is 5.26 Å². The zero-order valence-corrected chi connectivity index (χ0v) is 22.4. The molecule has 3 aliphatic rings. The first-order valence-corrected chi connectivity index (χ1v) is 13.2. The van der Waals surface area contributed by atoms with E-state index in [1.54, 1.807) is 23.6 Å². The summed E-state index contributed by atoms with van der Waals surface area (Å²) in [5, 5.41) is 15.1. The summed E-state index contributed by atoms with van der Waals surface area (Å²) < 4.78 is 54.3. The molecular formula is C28H28F4N6O3. The minimum absolute atomic E-state index is 0.00436. The molecule has 2 aliphatic carbocycles. The molecule has 13 heteroatoms. The van der Waals surface area contributed by atoms with Gasteiger partial charge in [-0.2, -0.15) is 18.4 Å². The van der Waals surface area contributed by atoms with Crippen LogP contribution in [0, 0.1) is 40.4 Å². The van der Waals surface area contributed by atoms with Crippen LogP contribution in [0.15, 0.2) is 42.6 Å². The molecule has 1 unspecified atom stereocenters. The third-order valence-corrected chi connectivity index (χ3v) is 8.33. The fraction of sp³-hybridized carbons (Fsp3) is 0.500. The van der Waals surface area contributed by atoms with Gasteiger partial charge in [-0.05, 0) is 41.9 Å². The highest BCUT2D eigenvalue weighted by Crippen LogP contribution is 2.57. The topological polar surface area (TPSA) is 128 Å². The summed E-state index contributed by atoms with van der Waals surface area (Å²) in [6.45, 7) is 4.48. The summed E-state index contributed by atoms with van der Waals surface area (Å²) in [5.74, 6) is -6.13. The van der Waals surface area contributed by atoms with Gasteiger partial charge < -0.3 is 15.5 Å². The number of carbonyl (C=O) groups excluding carboxylic acids is 3. The predicted molar refractivity (Wildman–Crippen MR) is 137 cm³/mol. The zero-order valence-electron chi connectivity index (χ0n) is 22.4. The number of rotatable bonds is 5. The molecule has 216 valence electrons. The summed E-state index contributed by atoms with van der Waals surface area (Å²) in [5.41, 5.74) is -0.409. The molecule has 2 bridgehead atoms. The summed E-state index contributed by atoms with van der Waals surface area (Å²) in [6, 6.07) is 1.32. The average molecular weight is 573 g/mol. The van der Waals surface area contributed by atoms with Crippen molar-refractivity contribution in [1.82, 2.24) is 25.5 Å². The van der Waals surface area contributed by atoms with Gasteiger partial charge in [-0.3, -0.25) is 24.4 Å². The summed E-state index contributed by atoms with van der Waals surface area (Å²) in [7, 11) is 0. The second-order valence-electron chi connectivity index (χ2n) is 11.9. The Balaban J connectivity index is 1.49. The van der Waals surface area contributed by atoms with Crippen LogP contribution in [0.1, 0.15) is 38.8 Å². The zero-order chi connectivity index (χ0) is 29.9. The first-order valence-electron chi connectivity index (χ1n) is 13.2. The van der Waals surface area contributed by atoms with Gasteiger partial charge in [-0.15, -0.1) is 0 Å². The van der Waals surface area contributed by atoms with E-state index in [-0.39, 0.29) is 24.2 Å². The Morgan fingerprint density at radius 1 is 1.17 bits per heavy atom. The summed E-state index contributed by atoms with van der Waals surface area (Å²) in [6.07, 6.45) is 1.18. The van der Waals surface area contributed by atoms with E-state index in [9.17, 15) is 37.2 Å². The Morgan fingerprint density at radius 3 is 2.56 bits per heavy atom. The van der Waals surface area contributed by atoms with E-state index in [2.05, 4.69) is 15.3 Å². The van der Waals surface area contributed by atoms with Crippen molar-refractivity contribution in [3.8, 4) is 6.07 Å². The Kier molecular flexibility index (Phi) is 6.99. The molecule has 7 atom stereocenters. The maximum Gasteiger partial charge on any atom is 0.471 e. The van der Waals surface area contributed by atoms with Crippen LogP contribution < -0.4 is 10.6 Å². The molecule has 2 aromatic heterocycles. The number of hydrogen-bond donors (Lipinski definition) is 2. The number of alkyl halides is 3. The monoisotopic (exact) mass is 572 g/mol. The number of aromatic nitrogens is 2. The van der Waals surface area contributed by atoms with Gasteiger partial charge in [0, 0.05) is 47.9 Å². The van der Waals surface area contributed by atoms with Crippen molar-refractivity contribution in [2.45, 2.75) is 51.5 Å². The maximum atomic E-state index is 14.8. The minimum atomic E-state index is -5.23. The minimum Gasteiger partial charge on any atom is -0.336 e. The number of carbonyl (C=O) groups is 3. The molecule has 2 fully saturated rings. The number of hydrogen-bond acceptors (Lipinski definition) is 6. The third-order valence-electron chi connectivity index (χ3n) is 8.33. The molecule has 0 radical (unpaired) electrons. The van der Waals surface area contributed by atoms with Crippen molar-refractivity contribution >= 4 is 28.6 Å². The Morgan fingerprint density at radius 2 is 1.90 bits per heavy atom. The molecule has 1 saturated heterocycles. The van der Waals surface area contributed by atoms with E-state index >= 15 is 0 Å². The second-order valence-corrected chi connectivity index (χ2v) is 11.9. The standard InChI is InChI=1S/C28H28F4N6O3/c1-27(2,3)23(37-26(41)28(30,31)32)25(40)38-12-17-14-7-15(18(29)8-14)20(17)22(38)24(39)36-19(9-33)16-11-34-10-13-5-4-6-35-21(13)16/h4-6,8,10-11,14-15,17,19-20,22-23H,7,12H2,1-3H3,(H,36,39)(H,37,41)/t14-,15+,17+,19?,20-,22-,23+/m0/s1. The number of allylic oxidation sites excluding steroid dienone is 2. The largest absolute Gasteiger partial charge is 0.471 e. The average Bonchev–Trinajstić information content (AvgIpc) is 3.58. The van der Waals surface area contributed by atoms with E-state index < -0.39 is 59.3 Å². The summed E-state index contributed by atoms with van der Waals surface area (Å²) >= 11 is 0. The molecule has 1 saturated carbocycles. The van der Waals surface area contributed by atoms with Crippen molar-refractivity contribution in [3.05, 3.63) is 48.2 Å². The van der Waals surface area contributed by atoms with Crippen LogP contribution in [-0.4, -0.2) is 57.4 Å². The molecule has 0 spiro atoms. The Labute approximate surface area is 233 Å². The highest BCUT2D eigenvalue weighted by Gasteiger charge is 2.61. The highest BCUT2D eigenvalue weighted by atomic mass is 19.4. The van der Waals surface area contributed by atoms with Gasteiger partial charge in [0.1, 0.15) is 18.1 Å². The first-order chi connectivity index (χ1) is 19.2. The number of pyridine rings is 2. The SMILES string of the molecule is CC(C)(C)[C@H](NC(=O)C(F)(F)F)C(=O)N1C[C@H]2[C@H]([C@@H]3C[C@H]2C=C3F)[C@H]1C(=O)NC(C#N)c1cncc2cccnc12. The van der Waals surface area contributed by atoms with Crippen LogP contribution in [0.25, 0.3) is 10.9 Å². The lowest BCUT2D eigenvalue weighted by Gasteiger charge is -2.37. The van der Waals surface area contributed by atoms with Crippen molar-refractivity contribution in [2.75, 3.05) is 6.54 Å². The van der Waals surface area contributed by atoms with Crippen LogP contribution in [0.2, 0.25) is 0 Å². The lowest BCUT2D eigenvalue weighted by Crippen LogP contribution is -2.60. The molecule has 5 rings (SSSR count). The van der Waals surface area contributed by atoms with E-state index in [4.69, 9.17) is 0 Å². The lowest BCUT2D eigenvalue weighted by molar-refractivity contribution is -0.176. The van der Waals surface area contributed by atoms with Crippen LogP contribution in [0.4, 0.5) is 17.6 Å². The van der Waals surface area contributed by atoms with E-state index in [0.717, 1.165) is 4.90 Å². The van der Waals surface area contributed by atoms with Gasteiger partial charge >= 0.3 is 12.1 Å². The van der Waals surface area contributed by atoms with Crippen LogP contribution in [0.3, 0.4) is 0 Å². The van der Waals surface area contributed by atoms with Gasteiger partial charge in [0.25, 0.3) is 0 Å². The van der Waals surface area contributed by atoms with Crippen LogP contribution in [0.5, 0.6) is 0 Å². The predicted octanol–water partition coefficient (Wildman–Crippen LogP) is 3.35. The lowest BCUT2D eigenvalue weighted by atomic mass is 9.81. The van der Waals surface area contributed by atoms with Gasteiger partial charge in [-0.1, -0.05) is 20.8 Å². The van der Waals surface area contributed by atoms with Gasteiger partial charge in [0.15, 0.2) is 0 Å². The third kappa shape index (κ3) is 5.00. The molecule has 3 heterocycles. The van der Waals surface area contributed by atoms with Crippen LogP contribution in [-0.2, 0) is 14.4 Å². The van der Waals surface area contributed by atoms with Crippen molar-refractivity contribution in [3.63, 3.8) is 0 Å². The normalized spacial score (nSPS) is 26.6. The molecule has 3 amide bonds. The highest BCUT2D eigenvalue weighted by molar-refractivity contribution is 5.95. The number of nitrogens with one attached hydrogen (secondary N) is 2. The molecular weight excluding hydrogens is 544 g/mol. The van der Waals surface area contributed by atoms with Gasteiger partial charge in [-0.25, -0.2) is 4.39 Å². The Hall–Kier alpha value is -4.08. The number of fused-ring (bicyclic) bond motifs is 6. The molecule has 41 heavy (non-hydrogen) atoms. The Bertz CT molecular complexity index is 1470. The molecule has 1 aliphatic heterocycles. The van der Waals surface area contributed by atoms with E-state index in [0.29, 0.717) is 22.9 Å². The number of nitriles is 1. The number of nitrogens with zero attached hydrogens (tertiary/aromatic N) is 4. The second kappa shape index (κ2) is 10.1. The number of amides is 3. The quantitative estimate of drug-likeness (QED) is 0.529. The van der Waals surface area contributed by atoms with E-state index in [1.807, 2.05) is 6.07 Å². The fourth-order valence-electron chi connectivity index (χ4n) is 6.50. The first kappa shape index (κ1) is 28.4. The van der Waals surface area contributed by atoms with Crippen molar-refractivity contribution in [2.24, 2.45) is 29.1 Å². The van der Waals surface area contributed by atoms with Gasteiger partial charge in [0.2, 0.25) is 11.8 Å². The summed E-state index contributed by atoms with van der Waals surface area (Å²) in [4.78, 5) is 49.2. The number of likely N-dealkylation sites (tertiary alicyclic amines) is 1.